The molecule has 0 radical (unpaired) electrons. The molecule has 1 N–H and O–H groups in total. The van der Waals surface area contributed by atoms with Gasteiger partial charge in [-0.2, -0.15) is 0 Å². The molecule has 2 amide bonds. The van der Waals surface area contributed by atoms with E-state index in [9.17, 15) is 14.7 Å². The highest BCUT2D eigenvalue weighted by Crippen LogP contribution is 2.29. The topological polar surface area (TPSA) is 60.9 Å². The molecule has 2 aromatic carbocycles. The molecule has 0 unspecified atom stereocenters. The molecule has 0 aromatic heterocycles. The number of amides is 2. The largest absolute Gasteiger partial charge is 0.507 e. The van der Waals surface area contributed by atoms with Crippen LogP contribution in [-0.4, -0.2) is 54.9 Å². The van der Waals surface area contributed by atoms with Gasteiger partial charge in [0.25, 0.3) is 11.8 Å². The number of nitrogens with zero attached hydrogens (tertiary/aromatic N) is 2. The molecule has 2 aromatic rings. The molecule has 6 heteroatoms. The van der Waals surface area contributed by atoms with Gasteiger partial charge >= 0.3 is 0 Å². The van der Waals surface area contributed by atoms with Crippen LogP contribution < -0.4 is 0 Å². The molecule has 0 bridgehead atoms. The number of rotatable bonds is 4. The Bertz CT molecular complexity index is 872. The van der Waals surface area contributed by atoms with Gasteiger partial charge in [0.05, 0.1) is 11.1 Å². The maximum atomic E-state index is 11.8. The number of hydrogen-bond donors (Lipinski definition) is 1. The summed E-state index contributed by atoms with van der Waals surface area (Å²) in [6.07, 6.45) is 0. The first-order chi connectivity index (χ1) is 13.9. The molecule has 164 valence electrons. The van der Waals surface area contributed by atoms with Gasteiger partial charge in [0.15, 0.2) is 0 Å². The minimum Gasteiger partial charge on any atom is -0.507 e. The summed E-state index contributed by atoms with van der Waals surface area (Å²) in [5.41, 5.74) is 3.09. The SMILES string of the molecule is CC(C)c1ccc(Br)c(C(=O)N(C)C)c1.CC(C)c1cccc(C(=O)N(C)C)c1O. The molecule has 30 heavy (non-hydrogen) atoms. The van der Waals surface area contributed by atoms with Crippen molar-refractivity contribution < 1.29 is 14.7 Å². The molecule has 0 saturated heterocycles. The Morgan fingerprint density at radius 2 is 1.37 bits per heavy atom. The molecule has 0 aliphatic rings. The number of phenolic OH excluding ortho intramolecular Hbond substituents is 1. The van der Waals surface area contributed by atoms with Gasteiger partial charge in [-0.15, -0.1) is 0 Å². The Morgan fingerprint density at radius 1 is 0.833 bits per heavy atom. The van der Waals surface area contributed by atoms with Gasteiger partial charge in [-0.25, -0.2) is 0 Å². The Kier molecular flexibility index (Phi) is 9.56. The van der Waals surface area contributed by atoms with Crippen molar-refractivity contribution in [2.45, 2.75) is 39.5 Å². The lowest BCUT2D eigenvalue weighted by molar-refractivity contribution is 0.0818. The molecule has 0 spiro atoms. The van der Waals surface area contributed by atoms with Gasteiger partial charge in [0.2, 0.25) is 0 Å². The molecule has 0 heterocycles. The molecular weight excluding hydrogens is 444 g/mol. The van der Waals surface area contributed by atoms with Crippen LogP contribution in [0.3, 0.4) is 0 Å². The Labute approximate surface area is 188 Å². The van der Waals surface area contributed by atoms with E-state index in [1.807, 2.05) is 38.1 Å². The van der Waals surface area contributed by atoms with Gasteiger partial charge in [0.1, 0.15) is 5.75 Å². The molecule has 0 aliphatic carbocycles. The van der Waals surface area contributed by atoms with Gasteiger partial charge in [0, 0.05) is 32.7 Å². The maximum Gasteiger partial charge on any atom is 0.257 e. The van der Waals surface area contributed by atoms with Crippen molar-refractivity contribution in [3.63, 3.8) is 0 Å². The third-order valence-corrected chi connectivity index (χ3v) is 5.31. The van der Waals surface area contributed by atoms with E-state index in [2.05, 4.69) is 29.8 Å². The first-order valence-electron chi connectivity index (χ1n) is 9.93. The predicted octanol–water partition coefficient (Wildman–Crippen LogP) is 5.49. The molecule has 0 atom stereocenters. The summed E-state index contributed by atoms with van der Waals surface area (Å²) in [4.78, 5) is 26.6. The van der Waals surface area contributed by atoms with Crippen molar-refractivity contribution in [2.24, 2.45) is 0 Å². The van der Waals surface area contributed by atoms with Crippen LogP contribution in [-0.2, 0) is 0 Å². The normalized spacial score (nSPS) is 10.5. The predicted molar refractivity (Wildman–Crippen MR) is 126 cm³/mol. The number of carbonyl (C=O) groups excluding carboxylic acids is 2. The fourth-order valence-corrected chi connectivity index (χ4v) is 3.16. The fourth-order valence-electron chi connectivity index (χ4n) is 2.75. The van der Waals surface area contributed by atoms with E-state index in [-0.39, 0.29) is 23.5 Å². The quantitative estimate of drug-likeness (QED) is 0.634. The summed E-state index contributed by atoms with van der Waals surface area (Å²) in [7, 11) is 6.86. The highest BCUT2D eigenvalue weighted by Gasteiger charge is 2.17. The van der Waals surface area contributed by atoms with Crippen LogP contribution >= 0.6 is 15.9 Å². The van der Waals surface area contributed by atoms with Crippen molar-refractivity contribution in [3.8, 4) is 5.75 Å². The molecule has 0 aliphatic heterocycles. The maximum absolute atomic E-state index is 11.8. The summed E-state index contributed by atoms with van der Waals surface area (Å²) in [5.74, 6) is 0.609. The van der Waals surface area contributed by atoms with Gasteiger partial charge in [-0.1, -0.05) is 45.9 Å². The first kappa shape index (κ1) is 25.7. The Morgan fingerprint density at radius 3 is 1.83 bits per heavy atom. The number of hydrogen-bond acceptors (Lipinski definition) is 3. The summed E-state index contributed by atoms with van der Waals surface area (Å²) in [6.45, 7) is 8.21. The summed E-state index contributed by atoms with van der Waals surface area (Å²) < 4.78 is 0.852. The second-order valence-electron chi connectivity index (χ2n) is 8.19. The lowest BCUT2D eigenvalue weighted by Crippen LogP contribution is -2.22. The summed E-state index contributed by atoms with van der Waals surface area (Å²) in [5, 5.41) is 9.93. The number of phenols is 1. The fraction of sp³-hybridized carbons (Fsp3) is 0.417. The zero-order chi connectivity index (χ0) is 23.2. The minimum absolute atomic E-state index is 0.0318. The zero-order valence-electron chi connectivity index (χ0n) is 19.2. The molecule has 5 nitrogen and oxygen atoms in total. The molecule has 0 fully saturated rings. The Balaban J connectivity index is 0.000000300. The van der Waals surface area contributed by atoms with Crippen molar-refractivity contribution in [3.05, 3.63) is 63.1 Å². The van der Waals surface area contributed by atoms with E-state index in [1.54, 1.807) is 45.2 Å². The third kappa shape index (κ3) is 6.59. The van der Waals surface area contributed by atoms with Crippen molar-refractivity contribution in [1.29, 1.82) is 0 Å². The number of aromatic hydroxyl groups is 1. The molecule has 2 rings (SSSR count). The summed E-state index contributed by atoms with van der Waals surface area (Å²) in [6, 6.07) is 11.2. The van der Waals surface area contributed by atoms with Crippen LogP contribution in [0.15, 0.2) is 40.9 Å². The molecular formula is C24H33BrN2O3. The van der Waals surface area contributed by atoms with Crippen molar-refractivity contribution in [2.75, 3.05) is 28.2 Å². The lowest BCUT2D eigenvalue weighted by Gasteiger charge is -2.15. The highest BCUT2D eigenvalue weighted by atomic mass is 79.9. The van der Waals surface area contributed by atoms with Crippen molar-refractivity contribution in [1.82, 2.24) is 9.80 Å². The van der Waals surface area contributed by atoms with Crippen LogP contribution in [0.4, 0.5) is 0 Å². The first-order valence-corrected chi connectivity index (χ1v) is 10.7. The molecule has 0 saturated carbocycles. The van der Waals surface area contributed by atoms with Crippen LogP contribution in [0.5, 0.6) is 5.75 Å². The monoisotopic (exact) mass is 476 g/mol. The number of carbonyl (C=O) groups is 2. The lowest BCUT2D eigenvalue weighted by atomic mass is 9.99. The minimum atomic E-state index is -0.171. The van der Waals surface area contributed by atoms with Gasteiger partial charge in [-0.05, 0) is 57.1 Å². The number of para-hydroxylation sites is 1. The standard InChI is InChI=1S/C12H16BrNO.C12H17NO2/c1-8(2)9-5-6-11(13)10(7-9)12(15)14(3)4;1-8(2)9-6-5-7-10(11(9)14)12(15)13(3)4/h5-8H,1-4H3;5-8,14H,1-4H3. The Hall–Kier alpha value is -2.34. The number of halogens is 1. The third-order valence-electron chi connectivity index (χ3n) is 4.62. The second kappa shape index (κ2) is 11.2. The van der Waals surface area contributed by atoms with Crippen LogP contribution in [0.1, 0.15) is 71.4 Å². The second-order valence-corrected chi connectivity index (χ2v) is 9.05. The van der Waals surface area contributed by atoms with E-state index < -0.39 is 0 Å². The van der Waals surface area contributed by atoms with E-state index in [1.165, 1.54) is 10.5 Å². The summed E-state index contributed by atoms with van der Waals surface area (Å²) >= 11 is 3.40. The van der Waals surface area contributed by atoms with E-state index >= 15 is 0 Å². The van der Waals surface area contributed by atoms with Gasteiger partial charge < -0.3 is 14.9 Å². The zero-order valence-corrected chi connectivity index (χ0v) is 20.7. The smallest absolute Gasteiger partial charge is 0.257 e. The highest BCUT2D eigenvalue weighted by molar-refractivity contribution is 9.10. The van der Waals surface area contributed by atoms with E-state index in [0.717, 1.165) is 15.6 Å². The van der Waals surface area contributed by atoms with E-state index in [4.69, 9.17) is 0 Å². The average Bonchev–Trinajstić information content (AvgIpc) is 2.67. The van der Waals surface area contributed by atoms with E-state index in [0.29, 0.717) is 11.5 Å². The van der Waals surface area contributed by atoms with Crippen LogP contribution in [0.2, 0.25) is 0 Å². The van der Waals surface area contributed by atoms with Crippen LogP contribution in [0, 0.1) is 0 Å². The van der Waals surface area contributed by atoms with Crippen molar-refractivity contribution >= 4 is 27.7 Å². The van der Waals surface area contributed by atoms with Gasteiger partial charge in [-0.3, -0.25) is 9.59 Å². The number of benzene rings is 2. The average molecular weight is 477 g/mol. The van der Waals surface area contributed by atoms with Crippen LogP contribution in [0.25, 0.3) is 0 Å².